The van der Waals surface area contributed by atoms with Crippen molar-refractivity contribution in [2.45, 2.75) is 0 Å². The maximum Gasteiger partial charge on any atom is 0.342 e. The summed E-state index contributed by atoms with van der Waals surface area (Å²) in [4.78, 5) is 22.1. The van der Waals surface area contributed by atoms with Crippen molar-refractivity contribution < 1.29 is 23.9 Å². The molecule has 2 aromatic carbocycles. The molecule has 0 saturated carbocycles. The first kappa shape index (κ1) is 12.9. The van der Waals surface area contributed by atoms with Gasteiger partial charge in [0.15, 0.2) is 23.0 Å². The van der Waals surface area contributed by atoms with Crippen LogP contribution >= 0.6 is 0 Å². The maximum absolute atomic E-state index is 11.8. The summed E-state index contributed by atoms with van der Waals surface area (Å²) >= 11 is 0. The first-order chi connectivity index (χ1) is 10.1. The van der Waals surface area contributed by atoms with Gasteiger partial charge in [0.2, 0.25) is 0 Å². The summed E-state index contributed by atoms with van der Waals surface area (Å²) in [6.45, 7) is 0. The average Bonchev–Trinajstić information content (AvgIpc) is 2.50. The Morgan fingerprint density at radius 1 is 1.14 bits per heavy atom. The molecule has 0 aromatic heterocycles. The molecule has 2 aromatic rings. The number of carbonyl (C=O) groups is 1. The first-order valence-electron chi connectivity index (χ1n) is 5.95. The lowest BCUT2D eigenvalue weighted by Crippen LogP contribution is -2.08. The van der Waals surface area contributed by atoms with Crippen molar-refractivity contribution in [1.82, 2.24) is 0 Å². The Hall–Kier alpha value is -3.09. The van der Waals surface area contributed by atoms with Crippen LogP contribution in [0.1, 0.15) is 10.4 Å². The lowest BCUT2D eigenvalue weighted by molar-refractivity contribution is -0.385. The lowest BCUT2D eigenvalue weighted by Gasteiger charge is -2.21. The minimum Gasteiger partial charge on any atom is -0.465 e. The molecule has 0 aliphatic carbocycles. The highest BCUT2D eigenvalue weighted by Crippen LogP contribution is 2.48. The van der Waals surface area contributed by atoms with Gasteiger partial charge < -0.3 is 14.2 Å². The van der Waals surface area contributed by atoms with Crippen molar-refractivity contribution in [1.29, 1.82) is 0 Å². The predicted molar refractivity (Wildman–Crippen MR) is 71.0 cm³/mol. The number of fused-ring (bicyclic) bond motifs is 2. The third kappa shape index (κ3) is 2.14. The smallest absolute Gasteiger partial charge is 0.342 e. The second-order valence-electron chi connectivity index (χ2n) is 4.22. The van der Waals surface area contributed by atoms with Gasteiger partial charge in [0, 0.05) is 6.07 Å². The van der Waals surface area contributed by atoms with Gasteiger partial charge in [0.1, 0.15) is 5.56 Å². The third-order valence-corrected chi connectivity index (χ3v) is 2.94. The fourth-order valence-electron chi connectivity index (χ4n) is 1.98. The van der Waals surface area contributed by atoms with E-state index in [-0.39, 0.29) is 22.7 Å². The Morgan fingerprint density at radius 2 is 1.81 bits per heavy atom. The largest absolute Gasteiger partial charge is 0.465 e. The molecule has 0 amide bonds. The molecule has 21 heavy (non-hydrogen) atoms. The highest BCUT2D eigenvalue weighted by molar-refractivity contribution is 5.95. The Balaban J connectivity index is 2.18. The number of benzene rings is 2. The Bertz CT molecular complexity index is 755. The second kappa shape index (κ2) is 4.78. The second-order valence-corrected chi connectivity index (χ2v) is 4.22. The van der Waals surface area contributed by atoms with E-state index in [1.807, 2.05) is 0 Å². The van der Waals surface area contributed by atoms with Gasteiger partial charge in [0.25, 0.3) is 5.69 Å². The molecule has 0 saturated heterocycles. The molecule has 0 N–H and O–H groups in total. The molecule has 0 fully saturated rings. The van der Waals surface area contributed by atoms with Crippen LogP contribution in [0.5, 0.6) is 23.0 Å². The highest BCUT2D eigenvalue weighted by atomic mass is 16.6. The summed E-state index contributed by atoms with van der Waals surface area (Å²) < 4.78 is 15.8. The van der Waals surface area contributed by atoms with Gasteiger partial charge in [-0.3, -0.25) is 10.1 Å². The molecule has 1 aliphatic heterocycles. The summed E-state index contributed by atoms with van der Waals surface area (Å²) in [5, 5.41) is 11.0. The van der Waals surface area contributed by atoms with E-state index in [0.717, 1.165) is 6.07 Å². The first-order valence-corrected chi connectivity index (χ1v) is 5.95. The van der Waals surface area contributed by atoms with Crippen molar-refractivity contribution in [3.8, 4) is 23.0 Å². The Labute approximate surface area is 118 Å². The van der Waals surface area contributed by atoms with Gasteiger partial charge in [0.05, 0.1) is 18.1 Å². The zero-order valence-electron chi connectivity index (χ0n) is 10.9. The number of ether oxygens (including phenoxy) is 3. The molecule has 0 unspecified atom stereocenters. The van der Waals surface area contributed by atoms with Crippen LogP contribution in [0.4, 0.5) is 5.69 Å². The molecule has 7 nitrogen and oxygen atoms in total. The van der Waals surface area contributed by atoms with Gasteiger partial charge in [-0.05, 0) is 12.1 Å². The quantitative estimate of drug-likeness (QED) is 0.408. The van der Waals surface area contributed by atoms with Crippen LogP contribution < -0.4 is 9.47 Å². The Kier molecular flexibility index (Phi) is 2.94. The number of para-hydroxylation sites is 2. The molecule has 3 rings (SSSR count). The molecule has 106 valence electrons. The van der Waals surface area contributed by atoms with Crippen LogP contribution in [0.25, 0.3) is 0 Å². The van der Waals surface area contributed by atoms with Crippen LogP contribution in [0, 0.1) is 10.1 Å². The topological polar surface area (TPSA) is 87.9 Å². The van der Waals surface area contributed by atoms with Gasteiger partial charge >= 0.3 is 5.97 Å². The molecular formula is C14H9NO6. The molecule has 1 aliphatic rings. The van der Waals surface area contributed by atoms with Crippen LogP contribution in [0.3, 0.4) is 0 Å². The van der Waals surface area contributed by atoms with Crippen molar-refractivity contribution in [2.24, 2.45) is 0 Å². The lowest BCUT2D eigenvalue weighted by atomic mass is 10.1. The third-order valence-electron chi connectivity index (χ3n) is 2.94. The van der Waals surface area contributed by atoms with Gasteiger partial charge in [-0.1, -0.05) is 12.1 Å². The highest BCUT2D eigenvalue weighted by Gasteiger charge is 2.28. The van der Waals surface area contributed by atoms with Gasteiger partial charge in [-0.15, -0.1) is 0 Å². The number of hydrogen-bond acceptors (Lipinski definition) is 6. The minimum absolute atomic E-state index is 0.0591. The molecule has 0 radical (unpaired) electrons. The summed E-state index contributed by atoms with van der Waals surface area (Å²) in [6, 6.07) is 9.12. The van der Waals surface area contributed by atoms with Crippen LogP contribution in [0.2, 0.25) is 0 Å². The van der Waals surface area contributed by atoms with Gasteiger partial charge in [-0.2, -0.15) is 0 Å². The van der Waals surface area contributed by atoms with E-state index in [1.165, 1.54) is 13.2 Å². The molecule has 7 heteroatoms. The van der Waals surface area contributed by atoms with Crippen molar-refractivity contribution >= 4 is 11.7 Å². The monoisotopic (exact) mass is 287 g/mol. The molecule has 1 heterocycles. The Morgan fingerprint density at radius 3 is 2.43 bits per heavy atom. The van der Waals surface area contributed by atoms with Crippen molar-refractivity contribution in [3.63, 3.8) is 0 Å². The number of esters is 1. The van der Waals surface area contributed by atoms with Crippen molar-refractivity contribution in [2.75, 3.05) is 7.11 Å². The number of hydrogen-bond donors (Lipinski definition) is 0. The van der Waals surface area contributed by atoms with Crippen LogP contribution in [-0.4, -0.2) is 18.0 Å². The molecule has 0 spiro atoms. The van der Waals surface area contributed by atoms with E-state index in [9.17, 15) is 14.9 Å². The minimum atomic E-state index is -0.738. The zero-order valence-corrected chi connectivity index (χ0v) is 10.9. The fraction of sp³-hybridized carbons (Fsp3) is 0.0714. The van der Waals surface area contributed by atoms with E-state index < -0.39 is 10.9 Å². The van der Waals surface area contributed by atoms with Crippen LogP contribution in [-0.2, 0) is 4.74 Å². The number of nitrogens with zero attached hydrogens (tertiary/aromatic N) is 1. The maximum atomic E-state index is 11.8. The van der Waals surface area contributed by atoms with E-state index in [0.29, 0.717) is 11.5 Å². The SMILES string of the molecule is COC(=O)c1cc([N+](=O)[O-])cc2c1Oc1ccccc1O2. The zero-order chi connectivity index (χ0) is 15.0. The summed E-state index contributed by atoms with van der Waals surface area (Å²) in [5.74, 6) is 0.303. The number of carbonyl (C=O) groups excluding carboxylic acids is 1. The standard InChI is InChI=1S/C14H9NO6/c1-19-14(16)9-6-8(15(17)18)7-12-13(9)21-11-5-3-2-4-10(11)20-12/h2-7H,1H3. The number of non-ortho nitro benzene ring substituents is 1. The number of methoxy groups -OCH3 is 1. The van der Waals surface area contributed by atoms with Crippen LogP contribution in [0.15, 0.2) is 36.4 Å². The van der Waals surface area contributed by atoms with Crippen molar-refractivity contribution in [3.05, 3.63) is 52.1 Å². The summed E-state index contributed by atoms with van der Waals surface area (Å²) in [6.07, 6.45) is 0. The fourth-order valence-corrected chi connectivity index (χ4v) is 1.98. The summed E-state index contributed by atoms with van der Waals surface area (Å²) in [5.41, 5.74) is -0.340. The van der Waals surface area contributed by atoms with Gasteiger partial charge in [-0.25, -0.2) is 4.79 Å². The number of rotatable bonds is 2. The number of nitro groups is 1. The van der Waals surface area contributed by atoms with E-state index in [1.54, 1.807) is 24.3 Å². The predicted octanol–water partition coefficient (Wildman–Crippen LogP) is 3.28. The molecule has 0 atom stereocenters. The van der Waals surface area contributed by atoms with E-state index >= 15 is 0 Å². The molecule has 0 bridgehead atoms. The summed E-state index contributed by atoms with van der Waals surface area (Å²) in [7, 11) is 1.19. The number of nitro benzene ring substituents is 1. The molecular weight excluding hydrogens is 278 g/mol. The normalized spacial score (nSPS) is 11.5. The van der Waals surface area contributed by atoms with E-state index in [2.05, 4.69) is 4.74 Å². The van der Waals surface area contributed by atoms with E-state index in [4.69, 9.17) is 9.47 Å². The average molecular weight is 287 g/mol.